The van der Waals surface area contributed by atoms with Crippen molar-refractivity contribution in [3.05, 3.63) is 52.6 Å². The number of ether oxygens (including phenoxy) is 1. The van der Waals surface area contributed by atoms with Gasteiger partial charge in [0.25, 0.3) is 0 Å². The summed E-state index contributed by atoms with van der Waals surface area (Å²) in [6.45, 7) is 1.77. The highest BCUT2D eigenvalue weighted by atomic mass is 19.4. The summed E-state index contributed by atoms with van der Waals surface area (Å²) >= 11 is 0. The van der Waals surface area contributed by atoms with Gasteiger partial charge >= 0.3 is 12.1 Å². The number of aliphatic carboxylic acids is 1. The molecule has 140 valence electrons. The molecule has 0 aliphatic rings. The van der Waals surface area contributed by atoms with E-state index in [1.807, 2.05) is 6.92 Å². The van der Waals surface area contributed by atoms with Gasteiger partial charge < -0.3 is 15.6 Å². The second-order valence-corrected chi connectivity index (χ2v) is 5.78. The molecule has 0 saturated carbocycles. The molecule has 2 aromatic rings. The fourth-order valence-electron chi connectivity index (χ4n) is 3.05. The number of carbonyl (C=O) groups is 1. The Labute approximate surface area is 149 Å². The normalized spacial score (nSPS) is 11.5. The largest absolute Gasteiger partial charge is 0.496 e. The zero-order valence-corrected chi connectivity index (χ0v) is 14.5. The number of carboxylic acid groups (broad SMARTS) is 1. The Hall–Kier alpha value is -2.54. The third-order valence-corrected chi connectivity index (χ3v) is 4.21. The smallest absolute Gasteiger partial charge is 0.416 e. The predicted molar refractivity (Wildman–Crippen MR) is 92.0 cm³/mol. The highest BCUT2D eigenvalue weighted by Crippen LogP contribution is 2.40. The number of halogens is 3. The Balaban J connectivity index is 2.75. The third kappa shape index (κ3) is 3.99. The number of hydrogen-bond donors (Lipinski definition) is 2. The highest BCUT2D eigenvalue weighted by Gasteiger charge is 2.31. The molecule has 0 spiro atoms. The lowest BCUT2D eigenvalue weighted by molar-refractivity contribution is -0.138. The standard InChI is InChI=1S/C19H20F3NO3/c1-3-14-11(9-17(24)25)4-7-16(26-2)18(14)15-6-5-13(19(20,21)22)8-12(15)10-23/h4-8H,3,9-10,23H2,1-2H3,(H,24,25). The van der Waals surface area contributed by atoms with E-state index in [4.69, 9.17) is 15.6 Å². The molecule has 3 N–H and O–H groups in total. The second kappa shape index (κ2) is 7.78. The quantitative estimate of drug-likeness (QED) is 0.809. The van der Waals surface area contributed by atoms with E-state index in [1.54, 1.807) is 12.1 Å². The van der Waals surface area contributed by atoms with Gasteiger partial charge in [-0.3, -0.25) is 4.79 Å². The molecule has 0 unspecified atom stereocenters. The van der Waals surface area contributed by atoms with Crippen LogP contribution in [-0.4, -0.2) is 18.2 Å². The molecule has 0 fully saturated rings. The Morgan fingerprint density at radius 2 is 1.88 bits per heavy atom. The summed E-state index contributed by atoms with van der Waals surface area (Å²) in [6, 6.07) is 6.69. The van der Waals surface area contributed by atoms with Crippen LogP contribution >= 0.6 is 0 Å². The van der Waals surface area contributed by atoms with E-state index in [2.05, 4.69) is 0 Å². The minimum absolute atomic E-state index is 0.0886. The van der Waals surface area contributed by atoms with Crippen LogP contribution in [0.15, 0.2) is 30.3 Å². The van der Waals surface area contributed by atoms with Gasteiger partial charge in [0.05, 0.1) is 19.1 Å². The Bertz CT molecular complexity index is 816. The highest BCUT2D eigenvalue weighted by molar-refractivity contribution is 5.80. The molecule has 0 radical (unpaired) electrons. The first kappa shape index (κ1) is 19.8. The Morgan fingerprint density at radius 1 is 1.19 bits per heavy atom. The van der Waals surface area contributed by atoms with Gasteiger partial charge in [-0.15, -0.1) is 0 Å². The molecule has 0 amide bonds. The average molecular weight is 367 g/mol. The molecule has 0 aromatic heterocycles. The first-order valence-corrected chi connectivity index (χ1v) is 8.04. The van der Waals surface area contributed by atoms with E-state index in [9.17, 15) is 18.0 Å². The van der Waals surface area contributed by atoms with E-state index < -0.39 is 17.7 Å². The predicted octanol–water partition coefficient (Wildman–Crippen LogP) is 4.03. The minimum atomic E-state index is -4.47. The SMILES string of the molecule is CCc1c(CC(=O)O)ccc(OC)c1-c1ccc(C(F)(F)F)cc1CN. The van der Waals surface area contributed by atoms with Crippen molar-refractivity contribution in [2.45, 2.75) is 32.5 Å². The number of nitrogens with two attached hydrogens (primary N) is 1. The van der Waals surface area contributed by atoms with E-state index in [0.717, 1.165) is 17.7 Å². The maximum absolute atomic E-state index is 13.0. The van der Waals surface area contributed by atoms with E-state index >= 15 is 0 Å². The number of carboxylic acids is 1. The van der Waals surface area contributed by atoms with Crippen molar-refractivity contribution >= 4 is 5.97 Å². The molecular weight excluding hydrogens is 347 g/mol. The number of alkyl halides is 3. The van der Waals surface area contributed by atoms with Crippen LogP contribution in [0.2, 0.25) is 0 Å². The van der Waals surface area contributed by atoms with E-state index in [-0.39, 0.29) is 13.0 Å². The molecule has 26 heavy (non-hydrogen) atoms. The molecule has 0 saturated heterocycles. The van der Waals surface area contributed by atoms with Crippen molar-refractivity contribution in [2.24, 2.45) is 5.73 Å². The van der Waals surface area contributed by atoms with Crippen LogP contribution in [0.25, 0.3) is 11.1 Å². The van der Waals surface area contributed by atoms with Crippen LogP contribution in [0, 0.1) is 0 Å². The second-order valence-electron chi connectivity index (χ2n) is 5.78. The van der Waals surface area contributed by atoms with Gasteiger partial charge in [-0.1, -0.05) is 19.1 Å². The topological polar surface area (TPSA) is 72.5 Å². The molecule has 2 aromatic carbocycles. The number of benzene rings is 2. The van der Waals surface area contributed by atoms with Crippen molar-refractivity contribution in [3.63, 3.8) is 0 Å². The molecule has 0 aliphatic heterocycles. The number of hydrogen-bond acceptors (Lipinski definition) is 3. The maximum atomic E-state index is 13.0. The van der Waals surface area contributed by atoms with Gasteiger partial charge in [-0.05, 0) is 46.9 Å². The lowest BCUT2D eigenvalue weighted by Gasteiger charge is -2.20. The molecule has 0 heterocycles. The third-order valence-electron chi connectivity index (χ3n) is 4.21. The molecule has 0 bridgehead atoms. The molecule has 4 nitrogen and oxygen atoms in total. The van der Waals surface area contributed by atoms with Gasteiger partial charge in [-0.2, -0.15) is 13.2 Å². The number of methoxy groups -OCH3 is 1. The summed E-state index contributed by atoms with van der Waals surface area (Å²) in [5.41, 5.74) is 7.66. The minimum Gasteiger partial charge on any atom is -0.496 e. The van der Waals surface area contributed by atoms with Crippen LogP contribution in [0.3, 0.4) is 0 Å². The summed E-state index contributed by atoms with van der Waals surface area (Å²) in [6.07, 6.45) is -4.15. The number of rotatable bonds is 6. The van der Waals surface area contributed by atoms with Crippen molar-refractivity contribution in [1.29, 1.82) is 0 Å². The molecule has 7 heteroatoms. The molecule has 2 rings (SSSR count). The summed E-state index contributed by atoms with van der Waals surface area (Å²) in [5.74, 6) is -0.521. The maximum Gasteiger partial charge on any atom is 0.416 e. The Morgan fingerprint density at radius 3 is 2.38 bits per heavy atom. The lowest BCUT2D eigenvalue weighted by Crippen LogP contribution is -2.10. The first-order chi connectivity index (χ1) is 12.2. The monoisotopic (exact) mass is 367 g/mol. The van der Waals surface area contributed by atoms with Gasteiger partial charge in [0, 0.05) is 12.1 Å². The molecule has 0 atom stereocenters. The van der Waals surface area contributed by atoms with E-state index in [1.165, 1.54) is 13.2 Å². The average Bonchev–Trinajstić information content (AvgIpc) is 2.59. The zero-order valence-electron chi connectivity index (χ0n) is 14.5. The first-order valence-electron chi connectivity index (χ1n) is 8.04. The van der Waals surface area contributed by atoms with Crippen LogP contribution in [0.4, 0.5) is 13.2 Å². The van der Waals surface area contributed by atoms with Crippen LogP contribution in [0.5, 0.6) is 5.75 Å². The van der Waals surface area contributed by atoms with Gasteiger partial charge in [0.15, 0.2) is 0 Å². The van der Waals surface area contributed by atoms with Crippen LogP contribution in [0.1, 0.15) is 29.2 Å². The lowest BCUT2D eigenvalue weighted by atomic mass is 9.88. The van der Waals surface area contributed by atoms with Crippen molar-refractivity contribution in [2.75, 3.05) is 7.11 Å². The van der Waals surface area contributed by atoms with E-state index in [0.29, 0.717) is 34.4 Å². The zero-order chi connectivity index (χ0) is 19.5. The summed E-state index contributed by atoms with van der Waals surface area (Å²) in [4.78, 5) is 11.1. The van der Waals surface area contributed by atoms with Gasteiger partial charge in [-0.25, -0.2) is 0 Å². The summed E-state index contributed by atoms with van der Waals surface area (Å²) < 4.78 is 44.4. The fraction of sp³-hybridized carbons (Fsp3) is 0.316. The van der Waals surface area contributed by atoms with Crippen molar-refractivity contribution < 1.29 is 27.8 Å². The van der Waals surface area contributed by atoms with Crippen LogP contribution < -0.4 is 10.5 Å². The van der Waals surface area contributed by atoms with Crippen molar-refractivity contribution in [3.8, 4) is 16.9 Å². The fourth-order valence-corrected chi connectivity index (χ4v) is 3.05. The summed E-state index contributed by atoms with van der Waals surface area (Å²) in [7, 11) is 1.46. The van der Waals surface area contributed by atoms with Gasteiger partial charge in [0.1, 0.15) is 5.75 Å². The molecule has 0 aliphatic carbocycles. The van der Waals surface area contributed by atoms with Gasteiger partial charge in [0.2, 0.25) is 0 Å². The summed E-state index contributed by atoms with van der Waals surface area (Å²) in [5, 5.41) is 9.13. The Kier molecular flexibility index (Phi) is 5.92. The molecular formula is C19H20F3NO3. The van der Waals surface area contributed by atoms with Crippen molar-refractivity contribution in [1.82, 2.24) is 0 Å². The van der Waals surface area contributed by atoms with Crippen LogP contribution in [-0.2, 0) is 30.4 Å².